The third-order valence-electron chi connectivity index (χ3n) is 4.41. The van der Waals surface area contributed by atoms with Crippen molar-refractivity contribution in [3.63, 3.8) is 0 Å². The highest BCUT2D eigenvalue weighted by Gasteiger charge is 2.54. The van der Waals surface area contributed by atoms with Gasteiger partial charge in [-0.15, -0.1) is 0 Å². The molecule has 0 aromatic heterocycles. The van der Waals surface area contributed by atoms with Gasteiger partial charge in [-0.05, 0) is 5.92 Å². The molecule has 0 aliphatic heterocycles. The highest BCUT2D eigenvalue weighted by Crippen LogP contribution is 2.42. The fraction of sp³-hybridized carbons (Fsp3) is 0.706. The molecule has 0 N–H and O–H groups in total. The lowest BCUT2D eigenvalue weighted by Crippen LogP contribution is -2.55. The van der Waals surface area contributed by atoms with Crippen molar-refractivity contribution in [2.45, 2.75) is 38.9 Å². The molecule has 0 aromatic carbocycles. The summed E-state index contributed by atoms with van der Waals surface area (Å²) in [7, 11) is 3.44. The van der Waals surface area contributed by atoms with Gasteiger partial charge in [0.2, 0.25) is 0 Å². The average molecular weight is 388 g/mol. The van der Waals surface area contributed by atoms with Crippen molar-refractivity contribution >= 4 is 29.8 Å². The lowest BCUT2D eigenvalue weighted by Gasteiger charge is -2.43. The predicted molar refractivity (Wildman–Crippen MR) is 86.9 cm³/mol. The second-order valence-corrected chi connectivity index (χ2v) is 6.08. The highest BCUT2D eigenvalue weighted by atomic mass is 16.6. The lowest BCUT2D eigenvalue weighted by molar-refractivity contribution is -0.195. The Kier molecular flexibility index (Phi) is 8.20. The molecule has 0 unspecified atom stereocenters. The van der Waals surface area contributed by atoms with Crippen molar-refractivity contribution in [1.82, 2.24) is 0 Å². The smallest absolute Gasteiger partial charge is 0.312 e. The van der Waals surface area contributed by atoms with E-state index in [2.05, 4.69) is 4.74 Å². The Labute approximate surface area is 156 Å². The Morgan fingerprint density at radius 3 is 1.81 bits per heavy atom. The Morgan fingerprint density at radius 2 is 1.37 bits per heavy atom. The van der Waals surface area contributed by atoms with Crippen LogP contribution < -0.4 is 0 Å². The first-order valence-corrected chi connectivity index (χ1v) is 8.23. The van der Waals surface area contributed by atoms with Crippen LogP contribution in [0.3, 0.4) is 0 Å². The van der Waals surface area contributed by atoms with Gasteiger partial charge in [-0.3, -0.25) is 24.0 Å². The predicted octanol–water partition coefficient (Wildman–Crippen LogP) is 0.0112. The van der Waals surface area contributed by atoms with Gasteiger partial charge in [0.25, 0.3) is 0 Å². The molecule has 27 heavy (non-hydrogen) atoms. The van der Waals surface area contributed by atoms with E-state index < -0.39 is 59.8 Å². The fourth-order valence-corrected chi connectivity index (χ4v) is 3.37. The molecule has 10 heteroatoms. The van der Waals surface area contributed by atoms with Crippen LogP contribution in [0.1, 0.15) is 26.7 Å². The fourth-order valence-electron chi connectivity index (χ4n) is 3.37. The molecule has 0 spiro atoms. The third kappa shape index (κ3) is 5.66. The molecule has 1 saturated carbocycles. The molecule has 1 rings (SSSR count). The molecule has 10 nitrogen and oxygen atoms in total. The summed E-state index contributed by atoms with van der Waals surface area (Å²) in [5, 5.41) is 0. The van der Waals surface area contributed by atoms with Crippen LogP contribution >= 0.6 is 0 Å². The SMILES string of the molecule is COC(=O)C[C@@H]1[C@H](C(=O)OC)[C@@H](OC(C)=O)[C@H](OC(C)=O)C[C@@H]1C(=O)OC. The standard InChI is InChI=1S/C17H24O10/c1-8(18)26-12-6-11(16(21)24-4)10(7-13(20)23-3)14(17(22)25-5)15(12)27-9(2)19/h10-12,14-15H,6-7H2,1-5H3/t10-,11-,12+,14-,15-/m0/s1. The van der Waals surface area contributed by atoms with Crippen LogP contribution in [-0.4, -0.2) is 63.4 Å². The molecule has 1 aliphatic rings. The molecule has 0 aromatic rings. The summed E-state index contributed by atoms with van der Waals surface area (Å²) >= 11 is 0. The van der Waals surface area contributed by atoms with Gasteiger partial charge in [-0.25, -0.2) is 0 Å². The molecular formula is C17H24O10. The molecule has 0 saturated heterocycles. The number of esters is 5. The molecule has 0 heterocycles. The normalized spacial score (nSPS) is 27.1. The topological polar surface area (TPSA) is 132 Å². The van der Waals surface area contributed by atoms with Gasteiger partial charge in [0.05, 0.1) is 33.7 Å². The van der Waals surface area contributed by atoms with E-state index in [9.17, 15) is 24.0 Å². The van der Waals surface area contributed by atoms with Crippen molar-refractivity contribution < 1.29 is 47.7 Å². The molecule has 152 valence electrons. The quantitative estimate of drug-likeness (QED) is 0.453. The van der Waals surface area contributed by atoms with Gasteiger partial charge < -0.3 is 23.7 Å². The summed E-state index contributed by atoms with van der Waals surface area (Å²) < 4.78 is 24.6. The van der Waals surface area contributed by atoms with E-state index in [1.54, 1.807) is 0 Å². The summed E-state index contributed by atoms with van der Waals surface area (Å²) in [6.07, 6.45) is -2.73. The zero-order chi connectivity index (χ0) is 20.7. The minimum atomic E-state index is -1.24. The summed E-state index contributed by atoms with van der Waals surface area (Å²) in [4.78, 5) is 59.6. The summed E-state index contributed by atoms with van der Waals surface area (Å²) in [6, 6.07) is 0. The number of hydrogen-bond acceptors (Lipinski definition) is 10. The third-order valence-corrected chi connectivity index (χ3v) is 4.41. The van der Waals surface area contributed by atoms with Crippen molar-refractivity contribution in [3.05, 3.63) is 0 Å². The number of hydrogen-bond donors (Lipinski definition) is 0. The molecule has 1 fully saturated rings. The zero-order valence-corrected chi connectivity index (χ0v) is 15.9. The Hall–Kier alpha value is -2.65. The van der Waals surface area contributed by atoms with E-state index in [1.165, 1.54) is 0 Å². The molecule has 0 bridgehead atoms. The van der Waals surface area contributed by atoms with E-state index in [0.717, 1.165) is 35.2 Å². The van der Waals surface area contributed by atoms with E-state index in [1.807, 2.05) is 0 Å². The van der Waals surface area contributed by atoms with Crippen molar-refractivity contribution in [2.24, 2.45) is 17.8 Å². The number of carbonyl (C=O) groups is 5. The van der Waals surface area contributed by atoms with E-state index in [-0.39, 0.29) is 12.8 Å². The largest absolute Gasteiger partial charge is 0.469 e. The Morgan fingerprint density at radius 1 is 0.815 bits per heavy atom. The van der Waals surface area contributed by atoms with Crippen LogP contribution in [0.15, 0.2) is 0 Å². The van der Waals surface area contributed by atoms with Crippen LogP contribution in [0, 0.1) is 17.8 Å². The van der Waals surface area contributed by atoms with Crippen molar-refractivity contribution in [3.8, 4) is 0 Å². The van der Waals surface area contributed by atoms with Crippen LogP contribution in [-0.2, 0) is 47.7 Å². The molecular weight excluding hydrogens is 364 g/mol. The monoisotopic (exact) mass is 388 g/mol. The van der Waals surface area contributed by atoms with Gasteiger partial charge >= 0.3 is 29.8 Å². The summed E-state index contributed by atoms with van der Waals surface area (Å²) in [5.74, 6) is -6.74. The van der Waals surface area contributed by atoms with Gasteiger partial charge in [-0.1, -0.05) is 0 Å². The Balaban J connectivity index is 3.44. The van der Waals surface area contributed by atoms with E-state index in [4.69, 9.17) is 18.9 Å². The van der Waals surface area contributed by atoms with Gasteiger partial charge in [0.1, 0.15) is 12.0 Å². The summed E-state index contributed by atoms with van der Waals surface area (Å²) in [5.41, 5.74) is 0. The van der Waals surface area contributed by atoms with Crippen molar-refractivity contribution in [2.75, 3.05) is 21.3 Å². The minimum Gasteiger partial charge on any atom is -0.469 e. The number of rotatable bonds is 6. The van der Waals surface area contributed by atoms with Crippen molar-refractivity contribution in [1.29, 1.82) is 0 Å². The van der Waals surface area contributed by atoms with Crippen LogP contribution in [0.4, 0.5) is 0 Å². The first kappa shape index (κ1) is 22.4. The van der Waals surface area contributed by atoms with Crippen LogP contribution in [0.25, 0.3) is 0 Å². The van der Waals surface area contributed by atoms with Crippen LogP contribution in [0.5, 0.6) is 0 Å². The first-order chi connectivity index (χ1) is 12.7. The summed E-state index contributed by atoms with van der Waals surface area (Å²) in [6.45, 7) is 2.27. The molecule has 0 radical (unpaired) electrons. The number of ether oxygens (including phenoxy) is 5. The average Bonchev–Trinajstić information content (AvgIpc) is 2.61. The first-order valence-electron chi connectivity index (χ1n) is 8.23. The Bertz CT molecular complexity index is 599. The molecule has 0 amide bonds. The van der Waals surface area contributed by atoms with Gasteiger partial charge in [0, 0.05) is 20.3 Å². The second-order valence-electron chi connectivity index (χ2n) is 6.08. The number of carbonyl (C=O) groups excluding carboxylic acids is 5. The van der Waals surface area contributed by atoms with Gasteiger partial charge in [-0.2, -0.15) is 0 Å². The van der Waals surface area contributed by atoms with E-state index in [0.29, 0.717) is 0 Å². The molecule has 1 aliphatic carbocycles. The second kappa shape index (κ2) is 9.89. The van der Waals surface area contributed by atoms with Crippen LogP contribution in [0.2, 0.25) is 0 Å². The maximum atomic E-state index is 12.5. The molecule has 5 atom stereocenters. The lowest BCUT2D eigenvalue weighted by atomic mass is 9.67. The van der Waals surface area contributed by atoms with E-state index >= 15 is 0 Å². The zero-order valence-electron chi connectivity index (χ0n) is 15.9. The highest BCUT2D eigenvalue weighted by molar-refractivity contribution is 5.81. The van der Waals surface area contributed by atoms with Gasteiger partial charge in [0.15, 0.2) is 6.10 Å². The maximum absolute atomic E-state index is 12.5. The number of methoxy groups -OCH3 is 3. The minimum absolute atomic E-state index is 0.0979. The maximum Gasteiger partial charge on any atom is 0.312 e.